The van der Waals surface area contributed by atoms with Crippen LogP contribution in [0, 0.1) is 13.8 Å². The number of halogens is 1. The monoisotopic (exact) mass is 329 g/mol. The summed E-state index contributed by atoms with van der Waals surface area (Å²) in [5.41, 5.74) is 1.61. The Balaban J connectivity index is 2.02. The van der Waals surface area contributed by atoms with Crippen molar-refractivity contribution in [2.24, 2.45) is 0 Å². The van der Waals surface area contributed by atoms with Crippen LogP contribution in [0.2, 0.25) is 0 Å². The predicted octanol–water partition coefficient (Wildman–Crippen LogP) is 0.415. The average molecular weight is 330 g/mol. The molecule has 0 spiro atoms. The molecule has 1 atom stereocenters. The summed E-state index contributed by atoms with van der Waals surface area (Å²) >= 11 is 0. The molecular weight excluding hydrogens is 318 g/mol. The van der Waals surface area contributed by atoms with E-state index >= 15 is 0 Å². The van der Waals surface area contributed by atoms with E-state index in [0.717, 1.165) is 11.4 Å². The fourth-order valence-electron chi connectivity index (χ4n) is 2.33. The van der Waals surface area contributed by atoms with Crippen molar-refractivity contribution >= 4 is 37.4 Å². The second kappa shape index (κ2) is 4.63. The number of carbonyl (C=O) groups excluding carboxylic acids is 1. The standard InChI is InChI=1S/C11H12ClN5O3S/c1-6-3-7(2)17-10(13-6)14-11(15-17)16-5-8(4-9(16)18)21(12,19)20/h3,8H,4-5H2,1-2H3. The normalized spacial score (nSPS) is 19.7. The van der Waals surface area contributed by atoms with Crippen LogP contribution in [0.1, 0.15) is 17.8 Å². The average Bonchev–Trinajstić information content (AvgIpc) is 2.91. The third-order valence-corrected chi connectivity index (χ3v) is 5.20. The predicted molar refractivity (Wildman–Crippen MR) is 75.8 cm³/mol. The van der Waals surface area contributed by atoms with Gasteiger partial charge in [-0.2, -0.15) is 9.50 Å². The first kappa shape index (κ1) is 14.2. The van der Waals surface area contributed by atoms with Crippen molar-refractivity contribution in [1.82, 2.24) is 19.6 Å². The number of hydrogen-bond acceptors (Lipinski definition) is 6. The van der Waals surface area contributed by atoms with E-state index in [-0.39, 0.29) is 24.8 Å². The molecule has 3 rings (SSSR count). The summed E-state index contributed by atoms with van der Waals surface area (Å²) < 4.78 is 24.2. The molecule has 3 heterocycles. The molecule has 0 radical (unpaired) electrons. The Morgan fingerprint density at radius 2 is 2.05 bits per heavy atom. The quantitative estimate of drug-likeness (QED) is 0.740. The molecule has 10 heteroatoms. The van der Waals surface area contributed by atoms with Gasteiger partial charge in [0.2, 0.25) is 15.0 Å². The molecule has 1 amide bonds. The van der Waals surface area contributed by atoms with Crippen molar-refractivity contribution in [2.75, 3.05) is 11.4 Å². The SMILES string of the molecule is Cc1cc(C)n2nc(N3CC(S(=O)(=O)Cl)CC3=O)nc2n1. The maximum absolute atomic E-state index is 12.0. The van der Waals surface area contributed by atoms with Gasteiger partial charge in [0.15, 0.2) is 0 Å². The van der Waals surface area contributed by atoms with Crippen LogP contribution < -0.4 is 4.90 Å². The Labute approximate surface area is 125 Å². The number of rotatable bonds is 2. The first-order valence-corrected chi connectivity index (χ1v) is 8.58. The molecular formula is C11H12ClN5O3S. The van der Waals surface area contributed by atoms with Crippen LogP contribution in [0.4, 0.5) is 5.95 Å². The number of amides is 1. The third kappa shape index (κ3) is 2.46. The Hall–Kier alpha value is -1.74. The first-order chi connectivity index (χ1) is 9.75. The second-order valence-corrected chi connectivity index (χ2v) is 7.88. The Bertz CT molecular complexity index is 847. The number of anilines is 1. The highest BCUT2D eigenvalue weighted by atomic mass is 35.7. The third-order valence-electron chi connectivity index (χ3n) is 3.34. The van der Waals surface area contributed by atoms with E-state index in [4.69, 9.17) is 10.7 Å². The van der Waals surface area contributed by atoms with Gasteiger partial charge in [0.1, 0.15) is 5.25 Å². The van der Waals surface area contributed by atoms with Gasteiger partial charge in [0.25, 0.3) is 11.7 Å². The van der Waals surface area contributed by atoms with E-state index in [1.165, 1.54) is 9.42 Å². The first-order valence-electron chi connectivity index (χ1n) is 6.20. The molecule has 1 aliphatic rings. The van der Waals surface area contributed by atoms with Crippen molar-refractivity contribution in [3.8, 4) is 0 Å². The zero-order chi connectivity index (χ0) is 15.4. The summed E-state index contributed by atoms with van der Waals surface area (Å²) in [6, 6.07) is 1.84. The molecule has 0 bridgehead atoms. The minimum Gasteiger partial charge on any atom is -0.278 e. The molecule has 2 aromatic rings. The number of fused-ring (bicyclic) bond motifs is 1. The largest absolute Gasteiger partial charge is 0.278 e. The van der Waals surface area contributed by atoms with Gasteiger partial charge >= 0.3 is 0 Å². The summed E-state index contributed by atoms with van der Waals surface area (Å²) in [5, 5.41) is 3.28. The molecule has 1 aliphatic heterocycles. The van der Waals surface area contributed by atoms with Gasteiger partial charge in [-0.25, -0.2) is 13.4 Å². The Morgan fingerprint density at radius 1 is 1.33 bits per heavy atom. The fraction of sp³-hybridized carbons (Fsp3) is 0.455. The summed E-state index contributed by atoms with van der Waals surface area (Å²) in [7, 11) is 1.53. The Morgan fingerprint density at radius 3 is 2.67 bits per heavy atom. The van der Waals surface area contributed by atoms with E-state index in [0.29, 0.717) is 5.78 Å². The van der Waals surface area contributed by atoms with E-state index in [9.17, 15) is 13.2 Å². The maximum Gasteiger partial charge on any atom is 0.254 e. The van der Waals surface area contributed by atoms with E-state index in [1.54, 1.807) is 0 Å². The van der Waals surface area contributed by atoms with E-state index in [2.05, 4.69) is 15.1 Å². The van der Waals surface area contributed by atoms with Crippen molar-refractivity contribution in [2.45, 2.75) is 25.5 Å². The lowest BCUT2D eigenvalue weighted by atomic mass is 10.4. The fourth-order valence-corrected chi connectivity index (χ4v) is 3.35. The topological polar surface area (TPSA) is 97.5 Å². The van der Waals surface area contributed by atoms with Crippen molar-refractivity contribution in [3.63, 3.8) is 0 Å². The zero-order valence-corrected chi connectivity index (χ0v) is 12.9. The molecule has 1 fully saturated rings. The highest BCUT2D eigenvalue weighted by Gasteiger charge is 2.39. The lowest BCUT2D eigenvalue weighted by Gasteiger charge is -2.10. The number of aryl methyl sites for hydroxylation is 2. The van der Waals surface area contributed by atoms with Gasteiger partial charge in [-0.05, 0) is 19.9 Å². The molecule has 0 saturated carbocycles. The molecule has 2 aromatic heterocycles. The van der Waals surface area contributed by atoms with Crippen LogP contribution in [-0.2, 0) is 13.8 Å². The summed E-state index contributed by atoms with van der Waals surface area (Å²) in [5.74, 6) is 0.144. The highest BCUT2D eigenvalue weighted by Crippen LogP contribution is 2.25. The maximum atomic E-state index is 12.0. The van der Waals surface area contributed by atoms with Crippen molar-refractivity contribution < 1.29 is 13.2 Å². The number of aromatic nitrogens is 4. The number of carbonyl (C=O) groups is 1. The van der Waals surface area contributed by atoms with Gasteiger partial charge in [-0.15, -0.1) is 5.10 Å². The van der Waals surface area contributed by atoms with Gasteiger partial charge in [-0.1, -0.05) is 0 Å². The van der Waals surface area contributed by atoms with Crippen molar-refractivity contribution in [1.29, 1.82) is 0 Å². The molecule has 21 heavy (non-hydrogen) atoms. The van der Waals surface area contributed by atoms with Crippen LogP contribution >= 0.6 is 10.7 Å². The molecule has 0 N–H and O–H groups in total. The minimum absolute atomic E-state index is 0.0421. The summed E-state index contributed by atoms with van der Waals surface area (Å²) in [4.78, 5) is 21.6. The van der Waals surface area contributed by atoms with Crippen molar-refractivity contribution in [3.05, 3.63) is 17.5 Å². The number of nitrogens with zero attached hydrogens (tertiary/aromatic N) is 5. The van der Waals surface area contributed by atoms with Crippen LogP contribution in [0.3, 0.4) is 0 Å². The molecule has 112 valence electrons. The molecule has 1 saturated heterocycles. The van der Waals surface area contributed by atoms with Gasteiger partial charge in [0, 0.05) is 35.0 Å². The number of hydrogen-bond donors (Lipinski definition) is 0. The molecule has 0 aliphatic carbocycles. The van der Waals surface area contributed by atoms with E-state index in [1.807, 2.05) is 19.9 Å². The lowest BCUT2D eigenvalue weighted by molar-refractivity contribution is -0.117. The minimum atomic E-state index is -3.79. The lowest BCUT2D eigenvalue weighted by Crippen LogP contribution is -2.27. The molecule has 0 aromatic carbocycles. The van der Waals surface area contributed by atoms with Crippen LogP contribution in [0.25, 0.3) is 5.78 Å². The van der Waals surface area contributed by atoms with Gasteiger partial charge < -0.3 is 0 Å². The Kier molecular flexibility index (Phi) is 3.14. The van der Waals surface area contributed by atoms with Crippen LogP contribution in [-0.4, -0.2) is 45.7 Å². The van der Waals surface area contributed by atoms with Gasteiger partial charge in [0.05, 0.1) is 0 Å². The van der Waals surface area contributed by atoms with Crippen LogP contribution in [0.15, 0.2) is 6.07 Å². The highest BCUT2D eigenvalue weighted by molar-refractivity contribution is 8.14. The van der Waals surface area contributed by atoms with Gasteiger partial charge in [-0.3, -0.25) is 9.69 Å². The molecule has 1 unspecified atom stereocenters. The summed E-state index contributed by atoms with van der Waals surface area (Å²) in [6.07, 6.45) is -0.160. The second-order valence-electron chi connectivity index (χ2n) is 4.97. The summed E-state index contributed by atoms with van der Waals surface area (Å²) in [6.45, 7) is 3.63. The smallest absolute Gasteiger partial charge is 0.254 e. The molecule has 8 nitrogen and oxygen atoms in total. The zero-order valence-electron chi connectivity index (χ0n) is 11.3. The van der Waals surface area contributed by atoms with E-state index < -0.39 is 14.3 Å². The van der Waals surface area contributed by atoms with Crippen LogP contribution in [0.5, 0.6) is 0 Å².